The summed E-state index contributed by atoms with van der Waals surface area (Å²) < 4.78 is 6.06. The average Bonchev–Trinajstić information content (AvgIpc) is 3.14. The van der Waals surface area contributed by atoms with Crippen LogP contribution in [0.2, 0.25) is 5.02 Å². The first-order chi connectivity index (χ1) is 13.3. The van der Waals surface area contributed by atoms with Gasteiger partial charge in [0.05, 0.1) is 10.7 Å². The normalized spacial score (nSPS) is 11.3. The molecule has 0 bridgehead atoms. The Morgan fingerprint density at radius 1 is 1.21 bits per heavy atom. The second-order valence-corrected chi connectivity index (χ2v) is 7.78. The molecule has 144 valence electrons. The third kappa shape index (κ3) is 3.93. The SMILES string of the molecule is CC(=O)c1c(C)[nH]c(C(=O)COC(=O)/C=C/c2sc3ccccc3c2Cl)c1C. The molecule has 0 spiro atoms. The summed E-state index contributed by atoms with van der Waals surface area (Å²) in [6.45, 7) is 4.45. The first-order valence-corrected chi connectivity index (χ1v) is 9.74. The van der Waals surface area contributed by atoms with Crippen molar-refractivity contribution in [2.75, 3.05) is 6.61 Å². The number of carbonyl (C=O) groups is 3. The lowest BCUT2D eigenvalue weighted by Gasteiger charge is -2.02. The van der Waals surface area contributed by atoms with Gasteiger partial charge in [0.25, 0.3) is 0 Å². The highest BCUT2D eigenvalue weighted by Crippen LogP contribution is 2.35. The minimum Gasteiger partial charge on any atom is -0.454 e. The average molecular weight is 416 g/mol. The van der Waals surface area contributed by atoms with Crippen LogP contribution in [0.5, 0.6) is 0 Å². The molecule has 0 unspecified atom stereocenters. The lowest BCUT2D eigenvalue weighted by atomic mass is 10.1. The maximum absolute atomic E-state index is 12.3. The van der Waals surface area contributed by atoms with Gasteiger partial charge in [0.15, 0.2) is 12.4 Å². The molecular weight excluding hydrogens is 398 g/mol. The van der Waals surface area contributed by atoms with Gasteiger partial charge in [-0.2, -0.15) is 0 Å². The molecule has 7 heteroatoms. The summed E-state index contributed by atoms with van der Waals surface area (Å²) in [7, 11) is 0. The Bertz CT molecular complexity index is 1120. The van der Waals surface area contributed by atoms with Gasteiger partial charge in [-0.1, -0.05) is 29.8 Å². The van der Waals surface area contributed by atoms with E-state index in [4.69, 9.17) is 16.3 Å². The monoisotopic (exact) mass is 415 g/mol. The van der Waals surface area contributed by atoms with Gasteiger partial charge >= 0.3 is 5.97 Å². The van der Waals surface area contributed by atoms with Crippen LogP contribution in [0.1, 0.15) is 43.9 Å². The number of Topliss-reactive ketones (excluding diaryl/α,β-unsaturated/α-hetero) is 2. The van der Waals surface area contributed by atoms with Crippen molar-refractivity contribution in [3.63, 3.8) is 0 Å². The molecule has 5 nitrogen and oxygen atoms in total. The van der Waals surface area contributed by atoms with Gasteiger partial charge in [-0.25, -0.2) is 4.79 Å². The predicted octanol–water partition coefficient (Wildman–Crippen LogP) is 5.14. The van der Waals surface area contributed by atoms with Gasteiger partial charge in [0.1, 0.15) is 0 Å². The van der Waals surface area contributed by atoms with Crippen LogP contribution < -0.4 is 0 Å². The zero-order valence-electron chi connectivity index (χ0n) is 15.6. The molecule has 0 saturated heterocycles. The van der Waals surface area contributed by atoms with E-state index in [9.17, 15) is 14.4 Å². The number of fused-ring (bicyclic) bond motifs is 1. The number of carbonyl (C=O) groups excluding carboxylic acids is 3. The van der Waals surface area contributed by atoms with Crippen molar-refractivity contribution >= 4 is 56.6 Å². The molecular formula is C21H18ClNO4S. The van der Waals surface area contributed by atoms with Crippen molar-refractivity contribution in [2.45, 2.75) is 20.8 Å². The molecule has 3 rings (SSSR count). The Balaban J connectivity index is 1.66. The number of thiophene rings is 1. The largest absolute Gasteiger partial charge is 0.454 e. The highest BCUT2D eigenvalue weighted by atomic mass is 35.5. The maximum Gasteiger partial charge on any atom is 0.331 e. The van der Waals surface area contributed by atoms with Crippen LogP contribution in [0, 0.1) is 13.8 Å². The lowest BCUT2D eigenvalue weighted by Crippen LogP contribution is -2.14. The van der Waals surface area contributed by atoms with Crippen molar-refractivity contribution < 1.29 is 19.1 Å². The zero-order chi connectivity index (χ0) is 20.4. The van der Waals surface area contributed by atoms with Crippen molar-refractivity contribution in [3.05, 3.63) is 62.8 Å². The number of hydrogen-bond acceptors (Lipinski definition) is 5. The van der Waals surface area contributed by atoms with Gasteiger partial charge < -0.3 is 9.72 Å². The summed E-state index contributed by atoms with van der Waals surface area (Å²) >= 11 is 7.80. The first kappa shape index (κ1) is 20.0. The fourth-order valence-corrected chi connectivity index (χ4v) is 4.50. The number of halogens is 1. The Hall–Kier alpha value is -2.70. The molecule has 0 aliphatic carbocycles. The fraction of sp³-hybridized carbons (Fsp3) is 0.190. The predicted molar refractivity (Wildman–Crippen MR) is 111 cm³/mol. The Labute approximate surface area is 171 Å². The van der Waals surface area contributed by atoms with Crippen molar-refractivity contribution in [1.29, 1.82) is 0 Å². The van der Waals surface area contributed by atoms with Gasteiger partial charge in [-0.05, 0) is 38.5 Å². The Morgan fingerprint density at radius 3 is 2.57 bits per heavy atom. The van der Waals surface area contributed by atoms with E-state index < -0.39 is 18.4 Å². The topological polar surface area (TPSA) is 76.2 Å². The summed E-state index contributed by atoms with van der Waals surface area (Å²) in [5, 5.41) is 1.51. The minimum atomic E-state index is -0.644. The van der Waals surface area contributed by atoms with Gasteiger partial charge in [0, 0.05) is 32.3 Å². The van der Waals surface area contributed by atoms with E-state index in [1.54, 1.807) is 19.9 Å². The molecule has 1 N–H and O–H groups in total. The van der Waals surface area contributed by atoms with Crippen LogP contribution in [-0.4, -0.2) is 29.1 Å². The summed E-state index contributed by atoms with van der Waals surface area (Å²) in [6, 6.07) is 7.69. The van der Waals surface area contributed by atoms with Crippen molar-refractivity contribution in [1.82, 2.24) is 4.98 Å². The van der Waals surface area contributed by atoms with Crippen LogP contribution in [-0.2, 0) is 9.53 Å². The molecule has 2 heterocycles. The van der Waals surface area contributed by atoms with Gasteiger partial charge in [-0.15, -0.1) is 11.3 Å². The quantitative estimate of drug-likeness (QED) is 0.343. The highest BCUT2D eigenvalue weighted by molar-refractivity contribution is 7.20. The number of rotatable bonds is 6. The molecule has 0 saturated carbocycles. The number of H-pyrrole nitrogens is 1. The van der Waals surface area contributed by atoms with Crippen LogP contribution in [0.3, 0.4) is 0 Å². The van der Waals surface area contributed by atoms with Crippen molar-refractivity contribution in [2.24, 2.45) is 0 Å². The second-order valence-electron chi connectivity index (χ2n) is 6.32. The molecule has 0 aliphatic rings. The number of aromatic nitrogens is 1. The fourth-order valence-electron chi connectivity index (χ4n) is 3.10. The molecule has 3 aromatic rings. The molecule has 0 atom stereocenters. The molecule has 2 aromatic heterocycles. The summed E-state index contributed by atoms with van der Waals surface area (Å²) in [4.78, 5) is 39.6. The van der Waals surface area contributed by atoms with Gasteiger partial charge in [-0.3, -0.25) is 9.59 Å². The number of hydrogen-bond donors (Lipinski definition) is 1. The summed E-state index contributed by atoms with van der Waals surface area (Å²) in [5.74, 6) is -1.16. The second kappa shape index (κ2) is 8.12. The standard InChI is InChI=1S/C21H18ClNO4S/c1-11-19(13(3)24)12(2)23-21(11)15(25)10-27-18(26)9-8-17-20(22)14-6-4-5-7-16(14)28-17/h4-9,23H,10H2,1-3H3/b9-8+. The maximum atomic E-state index is 12.3. The molecule has 28 heavy (non-hydrogen) atoms. The molecule has 0 radical (unpaired) electrons. The number of aromatic amines is 1. The summed E-state index contributed by atoms with van der Waals surface area (Å²) in [6.07, 6.45) is 2.83. The Kier molecular flexibility index (Phi) is 5.82. The number of ketones is 2. The number of aryl methyl sites for hydroxylation is 1. The zero-order valence-corrected chi connectivity index (χ0v) is 17.2. The highest BCUT2D eigenvalue weighted by Gasteiger charge is 2.20. The van der Waals surface area contributed by atoms with E-state index in [1.807, 2.05) is 24.3 Å². The van der Waals surface area contributed by atoms with Crippen LogP contribution in [0.25, 0.3) is 16.2 Å². The van der Waals surface area contributed by atoms with Gasteiger partial charge in [0.2, 0.25) is 5.78 Å². The third-order valence-electron chi connectivity index (χ3n) is 4.34. The summed E-state index contributed by atoms with van der Waals surface area (Å²) in [5.41, 5.74) is 1.97. The molecule has 0 amide bonds. The number of benzene rings is 1. The first-order valence-electron chi connectivity index (χ1n) is 8.54. The smallest absolute Gasteiger partial charge is 0.331 e. The number of esters is 1. The van der Waals surface area contributed by atoms with E-state index in [1.165, 1.54) is 24.3 Å². The van der Waals surface area contributed by atoms with Crippen LogP contribution in [0.15, 0.2) is 30.3 Å². The Morgan fingerprint density at radius 2 is 1.93 bits per heavy atom. The molecule has 0 fully saturated rings. The lowest BCUT2D eigenvalue weighted by molar-refractivity contribution is -0.136. The van der Waals surface area contributed by atoms with E-state index in [0.29, 0.717) is 21.8 Å². The molecule has 0 aliphatic heterocycles. The van der Waals surface area contributed by atoms with E-state index in [-0.39, 0.29) is 11.5 Å². The minimum absolute atomic E-state index is 0.120. The van der Waals surface area contributed by atoms with E-state index in [2.05, 4.69) is 4.98 Å². The molecule has 1 aromatic carbocycles. The van der Waals surface area contributed by atoms with E-state index >= 15 is 0 Å². The number of ether oxygens (including phenoxy) is 1. The number of nitrogens with one attached hydrogen (secondary N) is 1. The van der Waals surface area contributed by atoms with E-state index in [0.717, 1.165) is 15.0 Å². The van der Waals surface area contributed by atoms with Crippen LogP contribution in [0.4, 0.5) is 0 Å². The third-order valence-corrected chi connectivity index (χ3v) is 6.00. The van der Waals surface area contributed by atoms with Crippen LogP contribution >= 0.6 is 22.9 Å². The van der Waals surface area contributed by atoms with Crippen molar-refractivity contribution in [3.8, 4) is 0 Å².